The molecule has 0 aliphatic heterocycles. The second kappa shape index (κ2) is 6.18. The molecule has 0 fully saturated rings. The maximum atomic E-state index is 11.2. The van der Waals surface area contributed by atoms with Gasteiger partial charge in [0.2, 0.25) is 0 Å². The molecule has 118 valence electrons. The number of nitro groups is 1. The second-order valence-electron chi connectivity index (χ2n) is 5.76. The van der Waals surface area contributed by atoms with E-state index in [4.69, 9.17) is 0 Å². The maximum Gasteiger partial charge on any atom is 0.272 e. The maximum absolute atomic E-state index is 11.2. The van der Waals surface area contributed by atoms with Gasteiger partial charge in [-0.05, 0) is 44.8 Å². The minimum absolute atomic E-state index is 0.159. The lowest BCUT2D eigenvalue weighted by molar-refractivity contribution is -0.385. The van der Waals surface area contributed by atoms with Crippen LogP contribution >= 0.6 is 0 Å². The summed E-state index contributed by atoms with van der Waals surface area (Å²) in [6.07, 6.45) is 0.622. The summed E-state index contributed by atoms with van der Waals surface area (Å²) in [5, 5.41) is 11.2. The molecule has 6 heteroatoms. The molecule has 2 aromatic carbocycles. The number of aromatic amines is 1. The summed E-state index contributed by atoms with van der Waals surface area (Å²) in [4.78, 5) is 20.7. The van der Waals surface area contributed by atoms with Gasteiger partial charge in [0, 0.05) is 23.7 Å². The van der Waals surface area contributed by atoms with Crippen LogP contribution < -0.4 is 0 Å². The van der Waals surface area contributed by atoms with Crippen molar-refractivity contribution in [3.05, 3.63) is 58.1 Å². The summed E-state index contributed by atoms with van der Waals surface area (Å²) >= 11 is 0. The molecule has 0 aliphatic rings. The summed E-state index contributed by atoms with van der Waals surface area (Å²) in [6, 6.07) is 13.0. The Labute approximate surface area is 133 Å². The Hall–Kier alpha value is -2.73. The lowest BCUT2D eigenvalue weighted by Crippen LogP contribution is -2.15. The number of nitrogens with one attached hydrogen (secondary N) is 1. The molecule has 0 unspecified atom stereocenters. The Morgan fingerprint density at radius 3 is 2.70 bits per heavy atom. The van der Waals surface area contributed by atoms with Gasteiger partial charge in [0.05, 0.1) is 16.0 Å². The average molecular weight is 310 g/mol. The molecule has 1 heterocycles. The van der Waals surface area contributed by atoms with Gasteiger partial charge in [0.1, 0.15) is 5.82 Å². The van der Waals surface area contributed by atoms with Crippen LogP contribution in [0.3, 0.4) is 0 Å². The molecule has 0 radical (unpaired) electrons. The quantitative estimate of drug-likeness (QED) is 0.580. The molecular formula is C17H18N4O2. The third-order valence-electron chi connectivity index (χ3n) is 3.77. The van der Waals surface area contributed by atoms with Crippen LogP contribution in [-0.2, 0) is 6.42 Å². The molecule has 0 saturated heterocycles. The zero-order valence-electron chi connectivity index (χ0n) is 13.1. The van der Waals surface area contributed by atoms with E-state index >= 15 is 0 Å². The normalized spacial score (nSPS) is 11.3. The predicted molar refractivity (Wildman–Crippen MR) is 90.4 cm³/mol. The van der Waals surface area contributed by atoms with Crippen LogP contribution in [0.1, 0.15) is 5.56 Å². The topological polar surface area (TPSA) is 75.1 Å². The van der Waals surface area contributed by atoms with E-state index in [2.05, 4.69) is 9.97 Å². The van der Waals surface area contributed by atoms with Crippen LogP contribution in [0.5, 0.6) is 0 Å². The molecule has 0 spiro atoms. The highest BCUT2D eigenvalue weighted by atomic mass is 16.6. The van der Waals surface area contributed by atoms with E-state index in [-0.39, 0.29) is 10.6 Å². The largest absolute Gasteiger partial charge is 0.338 e. The summed E-state index contributed by atoms with van der Waals surface area (Å²) in [5.41, 5.74) is 3.58. The standard InChI is InChI=1S/C17H18N4O2/c1-20(2)10-9-12-11-13(7-8-16(12)21(22)23)17-18-14-5-3-4-6-15(14)19-17/h3-8,11H,9-10H2,1-2H3,(H,18,19). The number of nitrogens with zero attached hydrogens (tertiary/aromatic N) is 3. The highest BCUT2D eigenvalue weighted by Crippen LogP contribution is 2.27. The van der Waals surface area contributed by atoms with Crippen LogP contribution in [0.25, 0.3) is 22.4 Å². The third-order valence-corrected chi connectivity index (χ3v) is 3.77. The van der Waals surface area contributed by atoms with Gasteiger partial charge in [-0.3, -0.25) is 10.1 Å². The molecule has 3 aromatic rings. The monoisotopic (exact) mass is 310 g/mol. The highest BCUT2D eigenvalue weighted by molar-refractivity contribution is 5.79. The fraction of sp³-hybridized carbons (Fsp3) is 0.235. The van der Waals surface area contributed by atoms with E-state index in [1.807, 2.05) is 49.3 Å². The van der Waals surface area contributed by atoms with Crippen molar-refractivity contribution in [2.24, 2.45) is 0 Å². The Morgan fingerprint density at radius 1 is 1.22 bits per heavy atom. The van der Waals surface area contributed by atoms with Crippen molar-refractivity contribution in [3.63, 3.8) is 0 Å². The Balaban J connectivity index is 2.02. The van der Waals surface area contributed by atoms with Crippen LogP contribution in [-0.4, -0.2) is 40.4 Å². The number of fused-ring (bicyclic) bond motifs is 1. The summed E-state index contributed by atoms with van der Waals surface area (Å²) in [5.74, 6) is 0.729. The van der Waals surface area contributed by atoms with Crippen LogP contribution in [0.4, 0.5) is 5.69 Å². The van der Waals surface area contributed by atoms with Gasteiger partial charge in [0.25, 0.3) is 5.69 Å². The van der Waals surface area contributed by atoms with Crippen molar-refractivity contribution in [1.29, 1.82) is 0 Å². The molecule has 0 saturated carbocycles. The molecular weight excluding hydrogens is 292 g/mol. The number of hydrogen-bond acceptors (Lipinski definition) is 4. The highest BCUT2D eigenvalue weighted by Gasteiger charge is 2.16. The van der Waals surface area contributed by atoms with Crippen LogP contribution in [0.15, 0.2) is 42.5 Å². The summed E-state index contributed by atoms with van der Waals surface area (Å²) in [7, 11) is 3.91. The number of likely N-dealkylation sites (N-methyl/N-ethyl adjacent to an activating group) is 1. The number of para-hydroxylation sites is 2. The van der Waals surface area contributed by atoms with Crippen LogP contribution in [0, 0.1) is 10.1 Å². The first-order valence-corrected chi connectivity index (χ1v) is 7.42. The number of rotatable bonds is 5. The minimum Gasteiger partial charge on any atom is -0.338 e. The van der Waals surface area contributed by atoms with Crippen molar-refractivity contribution >= 4 is 16.7 Å². The number of benzene rings is 2. The van der Waals surface area contributed by atoms with Crippen molar-refractivity contribution in [3.8, 4) is 11.4 Å². The number of imidazole rings is 1. The van der Waals surface area contributed by atoms with E-state index in [9.17, 15) is 10.1 Å². The van der Waals surface area contributed by atoms with E-state index in [0.717, 1.165) is 34.5 Å². The fourth-order valence-electron chi connectivity index (χ4n) is 2.54. The van der Waals surface area contributed by atoms with Crippen molar-refractivity contribution < 1.29 is 4.92 Å². The molecule has 0 aliphatic carbocycles. The molecule has 1 N–H and O–H groups in total. The first kappa shape index (κ1) is 15.2. The van der Waals surface area contributed by atoms with Gasteiger partial charge >= 0.3 is 0 Å². The second-order valence-corrected chi connectivity index (χ2v) is 5.76. The smallest absolute Gasteiger partial charge is 0.272 e. The van der Waals surface area contributed by atoms with Gasteiger partial charge in [-0.2, -0.15) is 0 Å². The SMILES string of the molecule is CN(C)CCc1cc(-c2nc3ccccc3[nH]2)ccc1[N+](=O)[O-]. The van der Waals surface area contributed by atoms with Gasteiger partial charge in [0.15, 0.2) is 0 Å². The Kier molecular flexibility index (Phi) is 4.08. The van der Waals surface area contributed by atoms with E-state index in [1.54, 1.807) is 12.1 Å². The Morgan fingerprint density at radius 2 is 2.00 bits per heavy atom. The predicted octanol–water partition coefficient (Wildman–Crippen LogP) is 3.24. The van der Waals surface area contributed by atoms with Crippen molar-refractivity contribution in [2.45, 2.75) is 6.42 Å². The number of nitro benzene ring substituents is 1. The number of H-pyrrole nitrogens is 1. The van der Waals surface area contributed by atoms with Gasteiger partial charge in [-0.15, -0.1) is 0 Å². The first-order valence-electron chi connectivity index (χ1n) is 7.42. The van der Waals surface area contributed by atoms with E-state index in [1.165, 1.54) is 0 Å². The fourth-order valence-corrected chi connectivity index (χ4v) is 2.54. The van der Waals surface area contributed by atoms with Crippen molar-refractivity contribution in [2.75, 3.05) is 20.6 Å². The van der Waals surface area contributed by atoms with E-state index in [0.29, 0.717) is 6.42 Å². The molecule has 23 heavy (non-hydrogen) atoms. The minimum atomic E-state index is -0.326. The zero-order chi connectivity index (χ0) is 16.4. The summed E-state index contributed by atoms with van der Waals surface area (Å²) < 4.78 is 0. The lowest BCUT2D eigenvalue weighted by atomic mass is 10.1. The molecule has 0 amide bonds. The molecule has 1 aromatic heterocycles. The molecule has 0 bridgehead atoms. The summed E-state index contributed by atoms with van der Waals surface area (Å²) in [6.45, 7) is 0.754. The number of hydrogen-bond donors (Lipinski definition) is 1. The van der Waals surface area contributed by atoms with Crippen LogP contribution in [0.2, 0.25) is 0 Å². The molecule has 0 atom stereocenters. The van der Waals surface area contributed by atoms with Gasteiger partial charge < -0.3 is 9.88 Å². The lowest BCUT2D eigenvalue weighted by Gasteiger charge is -2.10. The van der Waals surface area contributed by atoms with E-state index < -0.39 is 0 Å². The average Bonchev–Trinajstić information content (AvgIpc) is 2.96. The number of aromatic nitrogens is 2. The first-order chi connectivity index (χ1) is 11.0. The molecule has 3 rings (SSSR count). The van der Waals surface area contributed by atoms with Gasteiger partial charge in [-0.25, -0.2) is 4.98 Å². The zero-order valence-corrected chi connectivity index (χ0v) is 13.1. The molecule has 6 nitrogen and oxygen atoms in total. The Bertz CT molecular complexity index is 822. The van der Waals surface area contributed by atoms with Crippen molar-refractivity contribution in [1.82, 2.24) is 14.9 Å². The third kappa shape index (κ3) is 3.22. The van der Waals surface area contributed by atoms with Gasteiger partial charge in [-0.1, -0.05) is 12.1 Å².